The standard InChI is InChI=1S/C12H21NO/c1-8(13-14)9-7-12(4)6-5-10(9)11(12,2)3/h9-10,14H,5-7H2,1-4H3/b13-8-/t9-,10-,12-/m0/s1. The molecule has 2 heteroatoms. The van der Waals surface area contributed by atoms with Gasteiger partial charge in [0.1, 0.15) is 0 Å². The summed E-state index contributed by atoms with van der Waals surface area (Å²) in [7, 11) is 0. The van der Waals surface area contributed by atoms with E-state index in [-0.39, 0.29) is 0 Å². The van der Waals surface area contributed by atoms with Gasteiger partial charge in [0.25, 0.3) is 0 Å². The molecule has 1 N–H and O–H groups in total. The Kier molecular flexibility index (Phi) is 1.96. The molecule has 3 atom stereocenters. The molecule has 0 heterocycles. The van der Waals surface area contributed by atoms with Crippen molar-refractivity contribution < 1.29 is 5.21 Å². The van der Waals surface area contributed by atoms with E-state index in [9.17, 15) is 0 Å². The van der Waals surface area contributed by atoms with Gasteiger partial charge in [0, 0.05) is 5.92 Å². The Balaban J connectivity index is 2.32. The number of nitrogens with zero attached hydrogens (tertiary/aromatic N) is 1. The molecule has 2 aliphatic rings. The molecule has 0 aromatic carbocycles. The average Bonchev–Trinajstić information content (AvgIpc) is 2.47. The van der Waals surface area contributed by atoms with Crippen LogP contribution >= 0.6 is 0 Å². The third kappa shape index (κ3) is 0.999. The lowest BCUT2D eigenvalue weighted by atomic mass is 9.71. The summed E-state index contributed by atoms with van der Waals surface area (Å²) in [6.07, 6.45) is 3.86. The molecule has 0 spiro atoms. The Labute approximate surface area is 86.4 Å². The van der Waals surface area contributed by atoms with Crippen LogP contribution in [0, 0.1) is 22.7 Å². The molecule has 2 fully saturated rings. The summed E-state index contributed by atoms with van der Waals surface area (Å²) in [6, 6.07) is 0. The predicted molar refractivity (Wildman–Crippen MR) is 57.6 cm³/mol. The smallest absolute Gasteiger partial charge is 0.0574 e. The second-order valence-electron chi connectivity index (χ2n) is 5.98. The molecule has 2 bridgehead atoms. The van der Waals surface area contributed by atoms with Crippen LogP contribution in [0.5, 0.6) is 0 Å². The fraction of sp³-hybridized carbons (Fsp3) is 0.917. The minimum Gasteiger partial charge on any atom is -0.411 e. The van der Waals surface area contributed by atoms with Crippen molar-refractivity contribution in [3.63, 3.8) is 0 Å². The van der Waals surface area contributed by atoms with Gasteiger partial charge in [0.2, 0.25) is 0 Å². The van der Waals surface area contributed by atoms with E-state index in [0.717, 1.165) is 11.6 Å². The topological polar surface area (TPSA) is 32.6 Å². The van der Waals surface area contributed by atoms with E-state index in [4.69, 9.17) is 5.21 Å². The number of hydrogen-bond acceptors (Lipinski definition) is 2. The van der Waals surface area contributed by atoms with Crippen molar-refractivity contribution in [2.45, 2.75) is 47.0 Å². The van der Waals surface area contributed by atoms with E-state index in [1.165, 1.54) is 19.3 Å². The summed E-state index contributed by atoms with van der Waals surface area (Å²) >= 11 is 0. The van der Waals surface area contributed by atoms with Gasteiger partial charge in [-0.15, -0.1) is 0 Å². The normalized spacial score (nSPS) is 45.9. The molecule has 0 unspecified atom stereocenters. The van der Waals surface area contributed by atoms with Gasteiger partial charge in [0.05, 0.1) is 5.71 Å². The van der Waals surface area contributed by atoms with Crippen molar-refractivity contribution in [1.82, 2.24) is 0 Å². The Morgan fingerprint density at radius 2 is 2.00 bits per heavy atom. The van der Waals surface area contributed by atoms with Crippen LogP contribution in [0.15, 0.2) is 5.16 Å². The molecule has 0 saturated heterocycles. The van der Waals surface area contributed by atoms with Crippen LogP contribution in [-0.2, 0) is 0 Å². The first kappa shape index (κ1) is 10.0. The van der Waals surface area contributed by atoms with Gasteiger partial charge in [0.15, 0.2) is 0 Å². The second kappa shape index (κ2) is 2.74. The zero-order valence-electron chi connectivity index (χ0n) is 9.67. The molecule has 2 rings (SSSR count). The molecule has 0 aromatic heterocycles. The fourth-order valence-electron chi connectivity index (χ4n) is 3.81. The van der Waals surface area contributed by atoms with E-state index < -0.39 is 0 Å². The van der Waals surface area contributed by atoms with Crippen molar-refractivity contribution in [2.24, 2.45) is 27.8 Å². The molecular formula is C12H21NO. The van der Waals surface area contributed by atoms with Gasteiger partial charge in [-0.3, -0.25) is 0 Å². The highest BCUT2D eigenvalue weighted by molar-refractivity contribution is 5.84. The molecule has 0 radical (unpaired) electrons. The van der Waals surface area contributed by atoms with Crippen LogP contribution < -0.4 is 0 Å². The third-order valence-corrected chi connectivity index (χ3v) is 5.34. The Hall–Kier alpha value is -0.530. The molecule has 0 aromatic rings. The lowest BCUT2D eigenvalue weighted by molar-refractivity contribution is 0.152. The maximum absolute atomic E-state index is 8.87. The minimum atomic E-state index is 0.420. The van der Waals surface area contributed by atoms with Gasteiger partial charge in [-0.25, -0.2) is 0 Å². The number of rotatable bonds is 1. The molecular weight excluding hydrogens is 174 g/mol. The number of oxime groups is 1. The summed E-state index contributed by atoms with van der Waals surface area (Å²) in [5, 5.41) is 12.3. The molecule has 14 heavy (non-hydrogen) atoms. The van der Waals surface area contributed by atoms with Gasteiger partial charge < -0.3 is 5.21 Å². The van der Waals surface area contributed by atoms with Crippen LogP contribution in [0.3, 0.4) is 0 Å². The minimum absolute atomic E-state index is 0.420. The Morgan fingerprint density at radius 1 is 1.36 bits per heavy atom. The molecule has 0 aliphatic heterocycles. The molecule has 0 amide bonds. The van der Waals surface area contributed by atoms with E-state index in [1.54, 1.807) is 0 Å². The maximum atomic E-state index is 8.87. The van der Waals surface area contributed by atoms with E-state index in [2.05, 4.69) is 25.9 Å². The maximum Gasteiger partial charge on any atom is 0.0574 e. The summed E-state index contributed by atoms with van der Waals surface area (Å²) in [5.41, 5.74) is 1.82. The van der Waals surface area contributed by atoms with Crippen LogP contribution in [0.2, 0.25) is 0 Å². The third-order valence-electron chi connectivity index (χ3n) is 5.34. The first-order valence-electron chi connectivity index (χ1n) is 5.61. The molecule has 80 valence electrons. The fourth-order valence-corrected chi connectivity index (χ4v) is 3.81. The van der Waals surface area contributed by atoms with Crippen molar-refractivity contribution in [2.75, 3.05) is 0 Å². The summed E-state index contributed by atoms with van der Waals surface area (Å²) in [6.45, 7) is 9.13. The van der Waals surface area contributed by atoms with E-state index in [1.807, 2.05) is 6.92 Å². The van der Waals surface area contributed by atoms with Crippen LogP contribution in [-0.4, -0.2) is 10.9 Å². The molecule has 2 aliphatic carbocycles. The average molecular weight is 195 g/mol. The SMILES string of the molecule is C/C(=N/O)[C@@H]1C[C@]2(C)CC[C@@H]1C2(C)C. The Bertz CT molecular complexity index is 279. The van der Waals surface area contributed by atoms with Crippen molar-refractivity contribution >= 4 is 5.71 Å². The predicted octanol–water partition coefficient (Wildman–Crippen LogP) is 3.30. The summed E-state index contributed by atoms with van der Waals surface area (Å²) < 4.78 is 0. The number of fused-ring (bicyclic) bond motifs is 2. The number of hydrogen-bond donors (Lipinski definition) is 1. The summed E-state index contributed by atoms with van der Waals surface area (Å²) in [4.78, 5) is 0. The quantitative estimate of drug-likeness (QED) is 0.388. The van der Waals surface area contributed by atoms with Crippen molar-refractivity contribution in [1.29, 1.82) is 0 Å². The van der Waals surface area contributed by atoms with Gasteiger partial charge >= 0.3 is 0 Å². The lowest BCUT2D eigenvalue weighted by Crippen LogP contribution is -2.26. The lowest BCUT2D eigenvalue weighted by Gasteiger charge is -2.34. The van der Waals surface area contributed by atoms with Crippen LogP contribution in [0.4, 0.5) is 0 Å². The van der Waals surface area contributed by atoms with Crippen molar-refractivity contribution in [3.05, 3.63) is 0 Å². The molecule has 2 saturated carbocycles. The molecule has 2 nitrogen and oxygen atoms in total. The zero-order valence-corrected chi connectivity index (χ0v) is 9.67. The largest absolute Gasteiger partial charge is 0.411 e. The van der Waals surface area contributed by atoms with E-state index in [0.29, 0.717) is 16.7 Å². The highest BCUT2D eigenvalue weighted by atomic mass is 16.4. The van der Waals surface area contributed by atoms with Gasteiger partial charge in [-0.05, 0) is 42.9 Å². The van der Waals surface area contributed by atoms with E-state index >= 15 is 0 Å². The monoisotopic (exact) mass is 195 g/mol. The van der Waals surface area contributed by atoms with Gasteiger partial charge in [-0.2, -0.15) is 0 Å². The van der Waals surface area contributed by atoms with Gasteiger partial charge in [-0.1, -0.05) is 25.9 Å². The van der Waals surface area contributed by atoms with Crippen molar-refractivity contribution in [3.8, 4) is 0 Å². The second-order valence-corrected chi connectivity index (χ2v) is 5.98. The Morgan fingerprint density at radius 3 is 2.36 bits per heavy atom. The zero-order chi connectivity index (χ0) is 10.6. The van der Waals surface area contributed by atoms with Crippen LogP contribution in [0.25, 0.3) is 0 Å². The van der Waals surface area contributed by atoms with Crippen LogP contribution in [0.1, 0.15) is 47.0 Å². The first-order valence-corrected chi connectivity index (χ1v) is 5.61. The highest BCUT2D eigenvalue weighted by Crippen LogP contribution is 2.67. The summed E-state index contributed by atoms with van der Waals surface area (Å²) in [5.74, 6) is 1.25. The first-order chi connectivity index (χ1) is 6.42. The highest BCUT2D eigenvalue weighted by Gasteiger charge is 2.60.